The van der Waals surface area contributed by atoms with E-state index in [4.69, 9.17) is 9.84 Å². The van der Waals surface area contributed by atoms with Gasteiger partial charge in [-0.05, 0) is 34.7 Å². The Balaban J connectivity index is 1.45. The zero-order chi connectivity index (χ0) is 24.1. The van der Waals surface area contributed by atoms with E-state index in [1.165, 1.54) is 6.92 Å². The van der Waals surface area contributed by atoms with Crippen molar-refractivity contribution in [2.45, 2.75) is 31.3 Å². The number of aliphatic carboxylic acids is 1. The highest BCUT2D eigenvalue weighted by Gasteiger charge is 2.30. The van der Waals surface area contributed by atoms with Crippen molar-refractivity contribution in [3.8, 4) is 11.1 Å². The Labute approximate surface area is 197 Å². The molecule has 0 aromatic heterocycles. The van der Waals surface area contributed by atoms with Crippen LogP contribution in [0.3, 0.4) is 0 Å². The number of hydrogen-bond acceptors (Lipinski definition) is 4. The SMILES string of the molecule is C[C@H](NC(=O)[C@H](Cc1ccccc1)NC(=O)OCC1c2ccccc2-c2ccccc21)C(=O)O. The first-order valence-electron chi connectivity index (χ1n) is 11.1. The molecule has 1 aliphatic rings. The van der Waals surface area contributed by atoms with Gasteiger partial charge in [0.25, 0.3) is 0 Å². The summed E-state index contributed by atoms with van der Waals surface area (Å²) < 4.78 is 5.56. The standard InChI is InChI=1S/C27H26N2O5/c1-17(26(31)32)28-25(30)24(15-18-9-3-2-4-10-18)29-27(33)34-16-23-21-13-7-5-11-19(21)20-12-6-8-14-22(20)23/h2-14,17,23-24H,15-16H2,1H3,(H,28,30)(H,29,33)(H,31,32)/t17-,24-/m0/s1. The van der Waals surface area contributed by atoms with E-state index in [0.717, 1.165) is 27.8 Å². The van der Waals surface area contributed by atoms with E-state index in [2.05, 4.69) is 22.8 Å². The van der Waals surface area contributed by atoms with Gasteiger partial charge in [0.1, 0.15) is 18.7 Å². The number of carboxylic acids is 1. The van der Waals surface area contributed by atoms with Gasteiger partial charge in [0.2, 0.25) is 5.91 Å². The maximum Gasteiger partial charge on any atom is 0.407 e. The average Bonchev–Trinajstić information content (AvgIpc) is 3.16. The average molecular weight is 459 g/mol. The Morgan fingerprint density at radius 1 is 0.853 bits per heavy atom. The lowest BCUT2D eigenvalue weighted by atomic mass is 9.98. The fraction of sp³-hybridized carbons (Fsp3) is 0.222. The third-order valence-electron chi connectivity index (χ3n) is 5.96. The number of hydrogen-bond donors (Lipinski definition) is 3. The molecule has 34 heavy (non-hydrogen) atoms. The van der Waals surface area contributed by atoms with Crippen LogP contribution in [0.5, 0.6) is 0 Å². The van der Waals surface area contributed by atoms with Crippen molar-refractivity contribution >= 4 is 18.0 Å². The molecule has 0 heterocycles. The molecule has 3 aromatic rings. The summed E-state index contributed by atoms with van der Waals surface area (Å²) in [4.78, 5) is 36.6. The molecular formula is C27H26N2O5. The van der Waals surface area contributed by atoms with Crippen molar-refractivity contribution < 1.29 is 24.2 Å². The molecule has 2 atom stereocenters. The molecule has 7 heteroatoms. The van der Waals surface area contributed by atoms with Gasteiger partial charge in [-0.2, -0.15) is 0 Å². The van der Waals surface area contributed by atoms with Crippen LogP contribution in [-0.2, 0) is 20.7 Å². The van der Waals surface area contributed by atoms with Crippen LogP contribution >= 0.6 is 0 Å². The first-order valence-corrected chi connectivity index (χ1v) is 11.1. The van der Waals surface area contributed by atoms with Gasteiger partial charge in [-0.1, -0.05) is 78.9 Å². The number of carbonyl (C=O) groups is 3. The molecule has 3 N–H and O–H groups in total. The monoisotopic (exact) mass is 458 g/mol. The number of carbonyl (C=O) groups excluding carboxylic acids is 2. The number of amides is 2. The van der Waals surface area contributed by atoms with Gasteiger partial charge in [0, 0.05) is 12.3 Å². The highest BCUT2D eigenvalue weighted by molar-refractivity contribution is 5.89. The summed E-state index contributed by atoms with van der Waals surface area (Å²) in [6.07, 6.45) is -0.538. The third-order valence-corrected chi connectivity index (χ3v) is 5.96. The Hall–Kier alpha value is -4.13. The Kier molecular flexibility index (Phi) is 6.92. The second kappa shape index (κ2) is 10.2. The summed E-state index contributed by atoms with van der Waals surface area (Å²) in [5.74, 6) is -1.85. The highest BCUT2D eigenvalue weighted by Crippen LogP contribution is 2.44. The van der Waals surface area contributed by atoms with Gasteiger partial charge in [0.05, 0.1) is 0 Å². The molecule has 0 aliphatic heterocycles. The van der Waals surface area contributed by atoms with E-state index in [1.807, 2.05) is 66.7 Å². The maximum atomic E-state index is 12.7. The van der Waals surface area contributed by atoms with Crippen molar-refractivity contribution in [1.29, 1.82) is 0 Å². The number of ether oxygens (including phenoxy) is 1. The molecule has 1 aliphatic carbocycles. The van der Waals surface area contributed by atoms with E-state index < -0.39 is 30.1 Å². The Morgan fingerprint density at radius 3 is 2.00 bits per heavy atom. The topological polar surface area (TPSA) is 105 Å². The summed E-state index contributed by atoms with van der Waals surface area (Å²) in [7, 11) is 0. The molecular weight excluding hydrogens is 432 g/mol. The molecule has 0 saturated carbocycles. The van der Waals surface area contributed by atoms with Crippen LogP contribution in [0.25, 0.3) is 11.1 Å². The molecule has 0 fully saturated rings. The van der Waals surface area contributed by atoms with Gasteiger partial charge >= 0.3 is 12.1 Å². The van der Waals surface area contributed by atoms with Gasteiger partial charge in [0.15, 0.2) is 0 Å². The largest absolute Gasteiger partial charge is 0.480 e. The smallest absolute Gasteiger partial charge is 0.407 e. The highest BCUT2D eigenvalue weighted by atomic mass is 16.5. The Bertz CT molecular complexity index is 1150. The zero-order valence-corrected chi connectivity index (χ0v) is 18.7. The summed E-state index contributed by atoms with van der Waals surface area (Å²) >= 11 is 0. The zero-order valence-electron chi connectivity index (χ0n) is 18.7. The van der Waals surface area contributed by atoms with Crippen molar-refractivity contribution in [1.82, 2.24) is 10.6 Å². The van der Waals surface area contributed by atoms with Crippen molar-refractivity contribution in [3.63, 3.8) is 0 Å². The summed E-state index contributed by atoms with van der Waals surface area (Å²) in [5, 5.41) is 14.2. The lowest BCUT2D eigenvalue weighted by Crippen LogP contribution is -2.51. The van der Waals surface area contributed by atoms with Crippen LogP contribution in [-0.4, -0.2) is 41.8 Å². The number of fused-ring (bicyclic) bond motifs is 3. The minimum absolute atomic E-state index is 0.105. The lowest BCUT2D eigenvalue weighted by molar-refractivity contribution is -0.141. The van der Waals surface area contributed by atoms with Crippen LogP contribution in [0.2, 0.25) is 0 Å². The number of rotatable bonds is 8. The third kappa shape index (κ3) is 5.09. The minimum atomic E-state index is -1.16. The molecule has 2 amide bonds. The van der Waals surface area contributed by atoms with Crippen LogP contribution in [0.15, 0.2) is 78.9 Å². The second-order valence-corrected chi connectivity index (χ2v) is 8.28. The molecule has 0 bridgehead atoms. The van der Waals surface area contributed by atoms with Crippen molar-refractivity contribution in [2.75, 3.05) is 6.61 Å². The second-order valence-electron chi connectivity index (χ2n) is 8.28. The van der Waals surface area contributed by atoms with E-state index in [0.29, 0.717) is 0 Å². The molecule has 4 rings (SSSR count). The first-order chi connectivity index (χ1) is 16.4. The number of alkyl carbamates (subject to hydrolysis) is 1. The normalized spacial score (nSPS) is 13.8. The number of nitrogens with one attached hydrogen (secondary N) is 2. The first kappa shape index (κ1) is 23.0. The fourth-order valence-corrected chi connectivity index (χ4v) is 4.22. The van der Waals surface area contributed by atoms with Crippen LogP contribution < -0.4 is 10.6 Å². The van der Waals surface area contributed by atoms with E-state index >= 15 is 0 Å². The summed E-state index contributed by atoms with van der Waals surface area (Å²) in [6, 6.07) is 23.2. The van der Waals surface area contributed by atoms with E-state index in [9.17, 15) is 14.4 Å². The fourth-order valence-electron chi connectivity index (χ4n) is 4.22. The van der Waals surface area contributed by atoms with Gasteiger partial charge in [-0.3, -0.25) is 9.59 Å². The molecule has 0 spiro atoms. The molecule has 3 aromatic carbocycles. The lowest BCUT2D eigenvalue weighted by Gasteiger charge is -2.21. The summed E-state index contributed by atoms with van der Waals surface area (Å²) in [6.45, 7) is 1.48. The molecule has 7 nitrogen and oxygen atoms in total. The van der Waals surface area contributed by atoms with Crippen LogP contribution in [0.4, 0.5) is 4.79 Å². The van der Waals surface area contributed by atoms with Gasteiger partial charge in [-0.25, -0.2) is 4.79 Å². The van der Waals surface area contributed by atoms with Crippen LogP contribution in [0, 0.1) is 0 Å². The summed E-state index contributed by atoms with van der Waals surface area (Å²) in [5.41, 5.74) is 5.24. The molecule has 0 unspecified atom stereocenters. The number of carboxylic acid groups (broad SMARTS) is 1. The van der Waals surface area contributed by atoms with Crippen molar-refractivity contribution in [2.24, 2.45) is 0 Å². The molecule has 174 valence electrons. The Morgan fingerprint density at radius 2 is 1.41 bits per heavy atom. The minimum Gasteiger partial charge on any atom is -0.480 e. The predicted molar refractivity (Wildman–Crippen MR) is 127 cm³/mol. The number of benzene rings is 3. The molecule has 0 radical (unpaired) electrons. The quantitative estimate of drug-likeness (QED) is 0.477. The van der Waals surface area contributed by atoms with Crippen LogP contribution in [0.1, 0.15) is 29.5 Å². The maximum absolute atomic E-state index is 12.7. The molecule has 0 saturated heterocycles. The predicted octanol–water partition coefficient (Wildman–Crippen LogP) is 3.73. The van der Waals surface area contributed by atoms with Gasteiger partial charge < -0.3 is 20.5 Å². The van der Waals surface area contributed by atoms with Gasteiger partial charge in [-0.15, -0.1) is 0 Å². The van der Waals surface area contributed by atoms with E-state index in [1.54, 1.807) is 0 Å². The van der Waals surface area contributed by atoms with Crippen molar-refractivity contribution in [3.05, 3.63) is 95.6 Å². The van der Waals surface area contributed by atoms with E-state index in [-0.39, 0.29) is 18.9 Å².